The van der Waals surface area contributed by atoms with Crippen LogP contribution < -0.4 is 4.90 Å². The monoisotopic (exact) mass is 401 g/mol. The van der Waals surface area contributed by atoms with Gasteiger partial charge in [0.1, 0.15) is 5.76 Å². The fourth-order valence-electron chi connectivity index (χ4n) is 3.47. The zero-order valence-electron chi connectivity index (χ0n) is 15.5. The molecule has 2 aromatic carbocycles. The average Bonchev–Trinajstić information content (AvgIpc) is 3.05. The first kappa shape index (κ1) is 19.0. The van der Waals surface area contributed by atoms with Crippen LogP contribution >= 0.6 is 0 Å². The fraction of sp³-hybridized carbons (Fsp3) is 0.0455. The van der Waals surface area contributed by atoms with Crippen LogP contribution in [0.4, 0.5) is 11.4 Å². The second kappa shape index (κ2) is 7.59. The van der Waals surface area contributed by atoms with Crippen LogP contribution in [-0.2, 0) is 9.59 Å². The van der Waals surface area contributed by atoms with Crippen molar-refractivity contribution < 1.29 is 19.6 Å². The first-order chi connectivity index (χ1) is 14.5. The largest absolute Gasteiger partial charge is 0.507 e. The van der Waals surface area contributed by atoms with Gasteiger partial charge in [-0.15, -0.1) is 0 Å². The van der Waals surface area contributed by atoms with Crippen molar-refractivity contribution in [3.8, 4) is 0 Å². The Morgan fingerprint density at radius 1 is 1.03 bits per heavy atom. The first-order valence-electron chi connectivity index (χ1n) is 9.00. The van der Waals surface area contributed by atoms with Crippen LogP contribution in [0.2, 0.25) is 0 Å². The van der Waals surface area contributed by atoms with Gasteiger partial charge >= 0.3 is 0 Å². The lowest BCUT2D eigenvalue weighted by molar-refractivity contribution is -0.384. The number of aliphatic hydroxyl groups is 1. The number of carbonyl (C=O) groups excluding carboxylic acids is 2. The number of aliphatic hydroxyl groups excluding tert-OH is 1. The summed E-state index contributed by atoms with van der Waals surface area (Å²) in [6.45, 7) is 0. The van der Waals surface area contributed by atoms with Crippen LogP contribution in [0.5, 0.6) is 0 Å². The molecule has 1 amide bonds. The number of nitro benzene ring substituents is 1. The first-order valence-corrected chi connectivity index (χ1v) is 9.00. The maximum atomic E-state index is 12.9. The Morgan fingerprint density at radius 3 is 2.47 bits per heavy atom. The topological polar surface area (TPSA) is 114 Å². The molecule has 1 atom stereocenters. The van der Waals surface area contributed by atoms with Gasteiger partial charge in [-0.2, -0.15) is 0 Å². The number of hydrogen-bond donors (Lipinski definition) is 1. The van der Waals surface area contributed by atoms with E-state index in [9.17, 15) is 24.8 Å². The molecular formula is C22H15N3O5. The Bertz CT molecular complexity index is 1180. The molecular weight excluding hydrogens is 386 g/mol. The molecule has 0 bridgehead atoms. The Balaban J connectivity index is 1.97. The van der Waals surface area contributed by atoms with E-state index >= 15 is 0 Å². The molecule has 0 aliphatic carbocycles. The number of carbonyl (C=O) groups is 2. The van der Waals surface area contributed by atoms with Gasteiger partial charge in [-0.3, -0.25) is 29.6 Å². The SMILES string of the molecule is O=C1C(=O)N(c2cccnc2)[C@@H](c2cccc([N+](=O)[O-])c2)C1=C(O)c1ccccc1. The van der Waals surface area contributed by atoms with Gasteiger partial charge in [-0.1, -0.05) is 42.5 Å². The summed E-state index contributed by atoms with van der Waals surface area (Å²) in [7, 11) is 0. The average molecular weight is 401 g/mol. The molecule has 0 spiro atoms. The summed E-state index contributed by atoms with van der Waals surface area (Å²) in [5, 5.41) is 22.2. The minimum atomic E-state index is -1.05. The highest BCUT2D eigenvalue weighted by molar-refractivity contribution is 6.51. The summed E-state index contributed by atoms with van der Waals surface area (Å²) < 4.78 is 0. The van der Waals surface area contributed by atoms with Crippen LogP contribution in [0.3, 0.4) is 0 Å². The highest BCUT2D eigenvalue weighted by Gasteiger charge is 2.47. The van der Waals surface area contributed by atoms with Crippen LogP contribution in [-0.4, -0.2) is 26.7 Å². The number of Topliss-reactive ketones (excluding diaryl/α,β-unsaturated/α-hetero) is 1. The normalized spacial score (nSPS) is 17.9. The maximum Gasteiger partial charge on any atom is 0.300 e. The van der Waals surface area contributed by atoms with Crippen LogP contribution in [0, 0.1) is 10.1 Å². The number of nitro groups is 1. The summed E-state index contributed by atoms with van der Waals surface area (Å²) in [6, 6.07) is 16.2. The summed E-state index contributed by atoms with van der Waals surface area (Å²) in [6.07, 6.45) is 2.93. The van der Waals surface area contributed by atoms with Gasteiger partial charge in [-0.05, 0) is 17.7 Å². The number of rotatable bonds is 4. The van der Waals surface area contributed by atoms with Crippen molar-refractivity contribution in [1.82, 2.24) is 4.98 Å². The molecule has 1 fully saturated rings. The summed E-state index contributed by atoms with van der Waals surface area (Å²) in [5.41, 5.74) is 0.685. The number of ketones is 1. The lowest BCUT2D eigenvalue weighted by Gasteiger charge is -2.25. The van der Waals surface area contributed by atoms with E-state index < -0.39 is 22.7 Å². The Morgan fingerprint density at radius 2 is 1.80 bits per heavy atom. The van der Waals surface area contributed by atoms with E-state index in [0.29, 0.717) is 16.8 Å². The van der Waals surface area contributed by atoms with Crippen LogP contribution in [0.1, 0.15) is 17.2 Å². The predicted molar refractivity (Wildman–Crippen MR) is 109 cm³/mol. The van der Waals surface area contributed by atoms with Gasteiger partial charge in [0.15, 0.2) is 0 Å². The summed E-state index contributed by atoms with van der Waals surface area (Å²) in [5.74, 6) is -2.08. The predicted octanol–water partition coefficient (Wildman–Crippen LogP) is 3.62. The van der Waals surface area contributed by atoms with Crippen molar-refractivity contribution in [2.75, 3.05) is 4.90 Å². The molecule has 0 radical (unpaired) electrons. The molecule has 3 aromatic rings. The summed E-state index contributed by atoms with van der Waals surface area (Å²) in [4.78, 5) is 41.8. The zero-order chi connectivity index (χ0) is 21.3. The third-order valence-corrected chi connectivity index (χ3v) is 4.81. The van der Waals surface area contributed by atoms with E-state index in [2.05, 4.69) is 4.98 Å². The van der Waals surface area contributed by atoms with Gasteiger partial charge in [0.2, 0.25) is 0 Å². The van der Waals surface area contributed by atoms with E-state index in [1.165, 1.54) is 35.5 Å². The molecule has 2 heterocycles. The Labute approximate surface area is 170 Å². The molecule has 1 N–H and O–H groups in total. The quantitative estimate of drug-likeness (QED) is 0.235. The highest BCUT2D eigenvalue weighted by atomic mass is 16.6. The van der Waals surface area contributed by atoms with Crippen molar-refractivity contribution in [2.45, 2.75) is 6.04 Å². The van der Waals surface area contributed by atoms with E-state index in [-0.39, 0.29) is 17.0 Å². The van der Waals surface area contributed by atoms with Gasteiger partial charge in [-0.25, -0.2) is 0 Å². The second-order valence-electron chi connectivity index (χ2n) is 6.60. The number of aromatic nitrogens is 1. The maximum absolute atomic E-state index is 12.9. The highest BCUT2D eigenvalue weighted by Crippen LogP contribution is 2.42. The van der Waals surface area contributed by atoms with Crippen molar-refractivity contribution in [3.63, 3.8) is 0 Å². The molecule has 4 rings (SSSR count). The molecule has 1 aliphatic rings. The fourth-order valence-corrected chi connectivity index (χ4v) is 3.47. The molecule has 1 aromatic heterocycles. The number of anilines is 1. The standard InChI is InChI=1S/C22H15N3O5/c26-20(14-6-2-1-3-7-14)18-19(15-8-4-9-16(12-15)25(29)30)24(22(28)21(18)27)17-10-5-11-23-13-17/h1-13,19,26H/t19-/m0/s1. The molecule has 1 aliphatic heterocycles. The van der Waals surface area contributed by atoms with E-state index in [0.717, 1.165) is 0 Å². The molecule has 0 saturated carbocycles. The molecule has 8 heteroatoms. The summed E-state index contributed by atoms with van der Waals surface area (Å²) >= 11 is 0. The Hall–Kier alpha value is -4.33. The van der Waals surface area contributed by atoms with E-state index in [4.69, 9.17) is 0 Å². The van der Waals surface area contributed by atoms with Crippen molar-refractivity contribution >= 4 is 28.8 Å². The molecule has 0 unspecified atom stereocenters. The molecule has 148 valence electrons. The molecule has 30 heavy (non-hydrogen) atoms. The van der Waals surface area contributed by atoms with E-state index in [1.54, 1.807) is 48.5 Å². The Kier molecular flexibility index (Phi) is 4.81. The molecule has 1 saturated heterocycles. The number of benzene rings is 2. The second-order valence-corrected chi connectivity index (χ2v) is 6.60. The molecule has 8 nitrogen and oxygen atoms in total. The van der Waals surface area contributed by atoms with Gasteiger partial charge in [0.25, 0.3) is 17.4 Å². The third-order valence-electron chi connectivity index (χ3n) is 4.81. The third kappa shape index (κ3) is 3.20. The number of nitrogens with zero attached hydrogens (tertiary/aromatic N) is 3. The zero-order valence-corrected chi connectivity index (χ0v) is 15.5. The number of non-ortho nitro benzene ring substituents is 1. The number of pyridine rings is 1. The number of amides is 1. The van der Waals surface area contributed by atoms with Crippen molar-refractivity contribution in [2.24, 2.45) is 0 Å². The van der Waals surface area contributed by atoms with Crippen LogP contribution in [0.15, 0.2) is 84.7 Å². The van der Waals surface area contributed by atoms with Crippen molar-refractivity contribution in [3.05, 3.63) is 106 Å². The lowest BCUT2D eigenvalue weighted by Crippen LogP contribution is -2.29. The smallest absolute Gasteiger partial charge is 0.300 e. The minimum absolute atomic E-state index is 0.143. The van der Waals surface area contributed by atoms with Gasteiger partial charge in [0, 0.05) is 23.9 Å². The number of hydrogen-bond acceptors (Lipinski definition) is 6. The van der Waals surface area contributed by atoms with Crippen molar-refractivity contribution in [1.29, 1.82) is 0 Å². The van der Waals surface area contributed by atoms with Gasteiger partial charge in [0.05, 0.1) is 28.4 Å². The minimum Gasteiger partial charge on any atom is -0.507 e. The lowest BCUT2D eigenvalue weighted by atomic mass is 9.95. The van der Waals surface area contributed by atoms with Gasteiger partial charge < -0.3 is 5.11 Å². The van der Waals surface area contributed by atoms with E-state index in [1.807, 2.05) is 0 Å². The van der Waals surface area contributed by atoms with Crippen LogP contribution in [0.25, 0.3) is 5.76 Å².